The van der Waals surface area contributed by atoms with Crippen molar-refractivity contribution >= 4 is 35.0 Å². The number of hydrogen-bond donors (Lipinski definition) is 0. The number of nitro benzene ring substituents is 1. The van der Waals surface area contributed by atoms with E-state index < -0.39 is 34.6 Å². The quantitative estimate of drug-likeness (QED) is 0.445. The Hall–Kier alpha value is -3.75. The van der Waals surface area contributed by atoms with E-state index in [-0.39, 0.29) is 24.3 Å². The maximum Gasteiger partial charge on any atom is 0.414 e. The number of anilines is 2. The molecule has 1 unspecified atom stereocenters. The van der Waals surface area contributed by atoms with E-state index in [0.717, 1.165) is 4.90 Å². The van der Waals surface area contributed by atoms with E-state index in [1.165, 1.54) is 35.2 Å². The first-order valence-electron chi connectivity index (χ1n) is 9.02. The molecule has 3 amide bonds. The summed E-state index contributed by atoms with van der Waals surface area (Å²) in [5.41, 5.74) is -0.130. The molecule has 150 valence electrons. The van der Waals surface area contributed by atoms with Crippen molar-refractivity contribution in [3.63, 3.8) is 0 Å². The van der Waals surface area contributed by atoms with Crippen molar-refractivity contribution in [1.29, 1.82) is 0 Å². The number of imide groups is 1. The number of carbonyl (C=O) groups excluding carboxylic acids is 3. The molecule has 0 spiro atoms. The molecule has 0 aliphatic carbocycles. The van der Waals surface area contributed by atoms with E-state index in [2.05, 4.69) is 0 Å². The molecule has 2 aromatic carbocycles. The van der Waals surface area contributed by atoms with Crippen molar-refractivity contribution in [3.8, 4) is 0 Å². The summed E-state index contributed by atoms with van der Waals surface area (Å²) in [5, 5.41) is 11.3. The molecule has 1 heterocycles. The zero-order valence-electron chi connectivity index (χ0n) is 15.9. The Kier molecular flexibility index (Phi) is 5.58. The molecule has 0 fully saturated rings. The smallest absolute Gasteiger partial charge is 0.414 e. The van der Waals surface area contributed by atoms with Crippen LogP contribution in [0.1, 0.15) is 30.6 Å². The molecule has 1 atom stereocenters. The van der Waals surface area contributed by atoms with E-state index in [9.17, 15) is 24.5 Å². The summed E-state index contributed by atoms with van der Waals surface area (Å²) < 4.78 is 5.11. The average molecular weight is 397 g/mol. The summed E-state index contributed by atoms with van der Waals surface area (Å²) in [6.07, 6.45) is -0.792. The third kappa shape index (κ3) is 3.66. The summed E-state index contributed by atoms with van der Waals surface area (Å²) in [4.78, 5) is 51.6. The number of ether oxygens (including phenoxy) is 1. The molecular formula is C20H19N3O6. The average Bonchev–Trinajstić information content (AvgIpc) is 2.80. The minimum Gasteiger partial charge on any atom is -0.449 e. The molecule has 3 rings (SSSR count). The topological polar surface area (TPSA) is 110 Å². The Morgan fingerprint density at radius 2 is 1.76 bits per heavy atom. The molecule has 1 aliphatic heterocycles. The summed E-state index contributed by atoms with van der Waals surface area (Å²) in [5.74, 6) is -1.40. The summed E-state index contributed by atoms with van der Waals surface area (Å²) in [7, 11) is 0. The van der Waals surface area contributed by atoms with Crippen LogP contribution in [0.4, 0.5) is 21.9 Å². The van der Waals surface area contributed by atoms with Gasteiger partial charge in [0, 0.05) is 18.5 Å². The lowest BCUT2D eigenvalue weighted by atomic mass is 10.1. The molecule has 0 radical (unpaired) electrons. The van der Waals surface area contributed by atoms with Crippen molar-refractivity contribution in [2.75, 3.05) is 16.4 Å². The monoisotopic (exact) mass is 397 g/mol. The summed E-state index contributed by atoms with van der Waals surface area (Å²) in [6, 6.07) is 11.3. The van der Waals surface area contributed by atoms with Crippen LogP contribution in [0.15, 0.2) is 48.5 Å². The molecule has 2 aromatic rings. The highest BCUT2D eigenvalue weighted by atomic mass is 16.6. The molecule has 0 N–H and O–H groups in total. The second kappa shape index (κ2) is 8.09. The SMILES string of the molecule is CCOC(=O)N1c2ccccc2N(C(=O)c2ccccc2[N+](=O)[O-])C(=O)CC1C. The first-order chi connectivity index (χ1) is 13.9. The lowest BCUT2D eigenvalue weighted by Crippen LogP contribution is -2.40. The Balaban J connectivity index is 2.15. The van der Waals surface area contributed by atoms with E-state index in [4.69, 9.17) is 4.74 Å². The third-order valence-corrected chi connectivity index (χ3v) is 4.54. The number of nitro groups is 1. The van der Waals surface area contributed by atoms with Crippen LogP contribution in [-0.2, 0) is 9.53 Å². The van der Waals surface area contributed by atoms with Gasteiger partial charge in [0.2, 0.25) is 5.91 Å². The fraction of sp³-hybridized carbons (Fsp3) is 0.250. The number of fused-ring (bicyclic) bond motifs is 1. The fourth-order valence-electron chi connectivity index (χ4n) is 3.29. The standard InChI is InChI=1S/C20H19N3O6/c1-3-29-20(26)21-13(2)12-18(24)22(17-11-7-6-10-16(17)21)19(25)14-8-4-5-9-15(14)23(27)28/h4-11,13H,3,12H2,1-2H3. The summed E-state index contributed by atoms with van der Waals surface area (Å²) in [6.45, 7) is 3.49. The fourth-order valence-corrected chi connectivity index (χ4v) is 3.29. The number of amides is 3. The highest BCUT2D eigenvalue weighted by molar-refractivity contribution is 6.24. The molecule has 0 aromatic heterocycles. The summed E-state index contributed by atoms with van der Waals surface area (Å²) >= 11 is 0. The van der Waals surface area contributed by atoms with Gasteiger partial charge in [-0.05, 0) is 32.0 Å². The van der Waals surface area contributed by atoms with Crippen molar-refractivity contribution in [2.24, 2.45) is 0 Å². The molecule has 0 bridgehead atoms. The Morgan fingerprint density at radius 3 is 2.41 bits per heavy atom. The van der Waals surface area contributed by atoms with Gasteiger partial charge >= 0.3 is 6.09 Å². The van der Waals surface area contributed by atoms with Gasteiger partial charge in [0.1, 0.15) is 5.56 Å². The van der Waals surface area contributed by atoms with Crippen LogP contribution in [0.5, 0.6) is 0 Å². The van der Waals surface area contributed by atoms with Crippen LogP contribution >= 0.6 is 0 Å². The maximum atomic E-state index is 13.2. The second-order valence-corrected chi connectivity index (χ2v) is 6.42. The zero-order valence-corrected chi connectivity index (χ0v) is 15.9. The number of nitrogens with zero attached hydrogens (tertiary/aromatic N) is 3. The molecule has 9 nitrogen and oxygen atoms in total. The van der Waals surface area contributed by atoms with Gasteiger partial charge in [-0.3, -0.25) is 24.6 Å². The van der Waals surface area contributed by atoms with Crippen LogP contribution in [0, 0.1) is 10.1 Å². The van der Waals surface area contributed by atoms with Crippen molar-refractivity contribution in [1.82, 2.24) is 0 Å². The molecular weight excluding hydrogens is 378 g/mol. The number of para-hydroxylation sites is 3. The lowest BCUT2D eigenvalue weighted by molar-refractivity contribution is -0.385. The molecule has 0 saturated heterocycles. The zero-order chi connectivity index (χ0) is 21.1. The van der Waals surface area contributed by atoms with Crippen molar-refractivity contribution in [3.05, 3.63) is 64.2 Å². The molecule has 9 heteroatoms. The van der Waals surface area contributed by atoms with Crippen LogP contribution in [0.2, 0.25) is 0 Å². The first-order valence-corrected chi connectivity index (χ1v) is 9.02. The van der Waals surface area contributed by atoms with Crippen LogP contribution < -0.4 is 9.80 Å². The van der Waals surface area contributed by atoms with Gasteiger partial charge in [-0.2, -0.15) is 0 Å². The molecule has 29 heavy (non-hydrogen) atoms. The van der Waals surface area contributed by atoms with E-state index in [1.54, 1.807) is 32.0 Å². The van der Waals surface area contributed by atoms with E-state index >= 15 is 0 Å². The van der Waals surface area contributed by atoms with Gasteiger partial charge in [0.15, 0.2) is 0 Å². The number of carbonyl (C=O) groups is 3. The van der Waals surface area contributed by atoms with Gasteiger partial charge in [-0.15, -0.1) is 0 Å². The van der Waals surface area contributed by atoms with E-state index in [0.29, 0.717) is 5.69 Å². The minimum atomic E-state index is -0.826. The number of hydrogen-bond acceptors (Lipinski definition) is 6. The maximum absolute atomic E-state index is 13.2. The Labute approximate surface area is 166 Å². The highest BCUT2D eigenvalue weighted by Gasteiger charge is 2.38. The lowest BCUT2D eigenvalue weighted by Gasteiger charge is -2.27. The first kappa shape index (κ1) is 20.0. The predicted molar refractivity (Wildman–Crippen MR) is 105 cm³/mol. The highest BCUT2D eigenvalue weighted by Crippen LogP contribution is 2.37. The minimum absolute atomic E-state index is 0.150. The number of rotatable bonds is 3. The predicted octanol–water partition coefficient (Wildman–Crippen LogP) is 3.52. The Morgan fingerprint density at radius 1 is 1.14 bits per heavy atom. The third-order valence-electron chi connectivity index (χ3n) is 4.54. The van der Waals surface area contributed by atoms with Crippen LogP contribution in [-0.4, -0.2) is 35.5 Å². The Bertz CT molecular complexity index is 990. The van der Waals surface area contributed by atoms with Gasteiger partial charge in [0.05, 0.1) is 22.9 Å². The van der Waals surface area contributed by atoms with Crippen molar-refractivity contribution < 1.29 is 24.0 Å². The largest absolute Gasteiger partial charge is 0.449 e. The second-order valence-electron chi connectivity index (χ2n) is 6.42. The van der Waals surface area contributed by atoms with E-state index in [1.807, 2.05) is 0 Å². The normalized spacial score (nSPS) is 16.1. The number of benzene rings is 2. The van der Waals surface area contributed by atoms with Crippen LogP contribution in [0.3, 0.4) is 0 Å². The molecule has 1 aliphatic rings. The molecule has 0 saturated carbocycles. The van der Waals surface area contributed by atoms with Crippen molar-refractivity contribution in [2.45, 2.75) is 26.3 Å². The van der Waals surface area contributed by atoms with Gasteiger partial charge < -0.3 is 4.74 Å². The van der Waals surface area contributed by atoms with Crippen LogP contribution in [0.25, 0.3) is 0 Å². The van der Waals surface area contributed by atoms with Gasteiger partial charge in [0.25, 0.3) is 11.6 Å². The van der Waals surface area contributed by atoms with Gasteiger partial charge in [-0.25, -0.2) is 9.69 Å². The van der Waals surface area contributed by atoms with Gasteiger partial charge in [-0.1, -0.05) is 24.3 Å².